The highest BCUT2D eigenvalue weighted by atomic mass is 16.5. The van der Waals surface area contributed by atoms with E-state index in [9.17, 15) is 9.59 Å². The molecule has 4 heterocycles. The summed E-state index contributed by atoms with van der Waals surface area (Å²) in [5.41, 5.74) is 0.487. The van der Waals surface area contributed by atoms with Gasteiger partial charge in [0.25, 0.3) is 0 Å². The second-order valence-electron chi connectivity index (χ2n) is 6.24. The molecule has 8 heteroatoms. The van der Waals surface area contributed by atoms with Crippen molar-refractivity contribution in [3.8, 4) is 0 Å². The molecule has 0 unspecified atom stereocenters. The van der Waals surface area contributed by atoms with Crippen molar-refractivity contribution in [3.63, 3.8) is 0 Å². The summed E-state index contributed by atoms with van der Waals surface area (Å²) in [6.07, 6.45) is 2.36. The molecule has 0 amide bonds. The van der Waals surface area contributed by atoms with Gasteiger partial charge in [0, 0.05) is 26.2 Å². The largest absolute Gasteiger partial charge is 0.477 e. The normalized spacial score (nSPS) is 15.0. The SMILES string of the molecule is COC(=O)c1cccc(N2CCC2)n1.O=C(O)c1cccc(N2CCC2)n1. The third-order valence-corrected chi connectivity index (χ3v) is 4.44. The van der Waals surface area contributed by atoms with Gasteiger partial charge in [-0.15, -0.1) is 0 Å². The predicted molar refractivity (Wildman–Crippen MR) is 100 cm³/mol. The van der Waals surface area contributed by atoms with E-state index in [1.54, 1.807) is 12.1 Å². The first kappa shape index (κ1) is 18.6. The van der Waals surface area contributed by atoms with Gasteiger partial charge < -0.3 is 19.6 Å². The summed E-state index contributed by atoms with van der Waals surface area (Å²) in [7, 11) is 1.36. The van der Waals surface area contributed by atoms with Crippen LogP contribution in [0.2, 0.25) is 0 Å². The van der Waals surface area contributed by atoms with Gasteiger partial charge in [-0.3, -0.25) is 0 Å². The number of pyridine rings is 2. The maximum Gasteiger partial charge on any atom is 0.356 e. The summed E-state index contributed by atoms with van der Waals surface area (Å²) in [5.74, 6) is 0.278. The number of carbonyl (C=O) groups excluding carboxylic acids is 1. The number of carboxylic acids is 1. The van der Waals surface area contributed by atoms with Gasteiger partial charge in [0.1, 0.15) is 11.6 Å². The number of aromatic carboxylic acids is 1. The maximum absolute atomic E-state index is 11.2. The van der Waals surface area contributed by atoms with Gasteiger partial charge in [-0.05, 0) is 37.1 Å². The zero-order valence-corrected chi connectivity index (χ0v) is 15.2. The smallest absolute Gasteiger partial charge is 0.356 e. The van der Waals surface area contributed by atoms with Crippen LogP contribution in [-0.4, -0.2) is 60.3 Å². The Balaban J connectivity index is 0.000000156. The summed E-state index contributed by atoms with van der Waals surface area (Å²) in [4.78, 5) is 34.2. The van der Waals surface area contributed by atoms with E-state index in [-0.39, 0.29) is 11.7 Å². The molecule has 0 bridgehead atoms. The van der Waals surface area contributed by atoms with Crippen LogP contribution in [-0.2, 0) is 4.74 Å². The molecule has 2 aliphatic rings. The third-order valence-electron chi connectivity index (χ3n) is 4.44. The van der Waals surface area contributed by atoms with Crippen LogP contribution in [0, 0.1) is 0 Å². The van der Waals surface area contributed by atoms with Crippen LogP contribution in [0.3, 0.4) is 0 Å². The van der Waals surface area contributed by atoms with Gasteiger partial charge in [0.05, 0.1) is 7.11 Å². The number of anilines is 2. The van der Waals surface area contributed by atoms with E-state index >= 15 is 0 Å². The Labute approximate surface area is 157 Å². The first-order chi connectivity index (χ1) is 13.1. The van der Waals surface area contributed by atoms with Gasteiger partial charge in [-0.2, -0.15) is 0 Å². The molecule has 2 aromatic rings. The Morgan fingerprint density at radius 2 is 1.37 bits per heavy atom. The van der Waals surface area contributed by atoms with E-state index in [0.29, 0.717) is 5.69 Å². The Morgan fingerprint density at radius 3 is 1.78 bits per heavy atom. The van der Waals surface area contributed by atoms with Crippen LogP contribution in [0.15, 0.2) is 36.4 Å². The summed E-state index contributed by atoms with van der Waals surface area (Å²) >= 11 is 0. The first-order valence-electron chi connectivity index (χ1n) is 8.84. The van der Waals surface area contributed by atoms with E-state index in [1.807, 2.05) is 18.2 Å². The van der Waals surface area contributed by atoms with Crippen molar-refractivity contribution in [1.29, 1.82) is 0 Å². The highest BCUT2D eigenvalue weighted by Gasteiger charge is 2.17. The van der Waals surface area contributed by atoms with E-state index < -0.39 is 5.97 Å². The average Bonchev–Trinajstić information content (AvgIpc) is 2.59. The fraction of sp³-hybridized carbons (Fsp3) is 0.368. The van der Waals surface area contributed by atoms with Crippen molar-refractivity contribution in [2.45, 2.75) is 12.8 Å². The van der Waals surface area contributed by atoms with Crippen LogP contribution in [0.25, 0.3) is 0 Å². The number of rotatable bonds is 4. The zero-order valence-electron chi connectivity index (χ0n) is 15.2. The van der Waals surface area contributed by atoms with Crippen molar-refractivity contribution in [2.24, 2.45) is 0 Å². The molecule has 0 radical (unpaired) electrons. The van der Waals surface area contributed by atoms with Gasteiger partial charge in [-0.1, -0.05) is 12.1 Å². The molecule has 27 heavy (non-hydrogen) atoms. The lowest BCUT2D eigenvalue weighted by Crippen LogP contribution is -2.37. The van der Waals surface area contributed by atoms with Crippen LogP contribution >= 0.6 is 0 Å². The fourth-order valence-corrected chi connectivity index (χ4v) is 2.63. The number of ether oxygens (including phenoxy) is 1. The minimum Gasteiger partial charge on any atom is -0.477 e. The van der Waals surface area contributed by atoms with Crippen LogP contribution < -0.4 is 9.80 Å². The van der Waals surface area contributed by atoms with Crippen molar-refractivity contribution >= 4 is 23.6 Å². The summed E-state index contributed by atoms with van der Waals surface area (Å²) in [6.45, 7) is 4.02. The number of carbonyl (C=O) groups is 2. The molecule has 2 saturated heterocycles. The Hall–Kier alpha value is -3.16. The van der Waals surface area contributed by atoms with Crippen molar-refractivity contribution in [1.82, 2.24) is 9.97 Å². The van der Waals surface area contributed by atoms with Gasteiger partial charge >= 0.3 is 11.9 Å². The van der Waals surface area contributed by atoms with Crippen molar-refractivity contribution in [3.05, 3.63) is 47.8 Å². The van der Waals surface area contributed by atoms with Crippen LogP contribution in [0.4, 0.5) is 11.6 Å². The molecule has 2 aromatic heterocycles. The highest BCUT2D eigenvalue weighted by Crippen LogP contribution is 2.18. The number of esters is 1. The molecule has 8 nitrogen and oxygen atoms in total. The molecule has 4 rings (SSSR count). The molecular formula is C19H22N4O4. The van der Waals surface area contributed by atoms with E-state index in [4.69, 9.17) is 5.11 Å². The fourth-order valence-electron chi connectivity index (χ4n) is 2.63. The highest BCUT2D eigenvalue weighted by molar-refractivity contribution is 5.87. The number of carboxylic acid groups (broad SMARTS) is 1. The first-order valence-corrected chi connectivity index (χ1v) is 8.84. The van der Waals surface area contributed by atoms with Crippen molar-refractivity contribution in [2.75, 3.05) is 43.1 Å². The number of hydrogen-bond donors (Lipinski definition) is 1. The number of aromatic nitrogens is 2. The topological polar surface area (TPSA) is 95.9 Å². The molecule has 0 spiro atoms. The second-order valence-corrected chi connectivity index (χ2v) is 6.24. The number of hydrogen-bond acceptors (Lipinski definition) is 7. The standard InChI is InChI=1S/C10H12N2O2.C9H10N2O2/c1-14-10(13)8-4-2-5-9(11-8)12-6-3-7-12;12-9(13)7-3-1-4-8(10-7)11-5-2-6-11/h2,4-5H,3,6-7H2,1H3;1,3-4H,2,5-6H2,(H,12,13). The maximum atomic E-state index is 11.2. The summed E-state index contributed by atoms with van der Waals surface area (Å²) < 4.78 is 4.60. The minimum absolute atomic E-state index is 0.115. The Bertz CT molecular complexity index is 819. The minimum atomic E-state index is -0.970. The lowest BCUT2D eigenvalue weighted by Gasteiger charge is -2.32. The average molecular weight is 370 g/mol. The quantitative estimate of drug-likeness (QED) is 0.817. The Kier molecular flexibility index (Phi) is 5.85. The molecule has 2 fully saturated rings. The molecule has 0 aromatic carbocycles. The zero-order chi connectivity index (χ0) is 19.2. The van der Waals surface area contributed by atoms with Gasteiger partial charge in [0.15, 0.2) is 11.4 Å². The molecule has 0 atom stereocenters. The molecule has 142 valence electrons. The van der Waals surface area contributed by atoms with E-state index in [1.165, 1.54) is 26.0 Å². The molecular weight excluding hydrogens is 348 g/mol. The lowest BCUT2D eigenvalue weighted by molar-refractivity contribution is 0.0593. The van der Waals surface area contributed by atoms with Gasteiger partial charge in [-0.25, -0.2) is 19.6 Å². The summed E-state index contributed by atoms with van der Waals surface area (Å²) in [6, 6.07) is 10.5. The second kappa shape index (κ2) is 8.48. The van der Waals surface area contributed by atoms with Crippen molar-refractivity contribution < 1.29 is 19.4 Å². The van der Waals surface area contributed by atoms with Gasteiger partial charge in [0.2, 0.25) is 0 Å². The predicted octanol–water partition coefficient (Wildman–Crippen LogP) is 2.07. The molecule has 1 N–H and O–H groups in total. The third kappa shape index (κ3) is 4.52. The van der Waals surface area contributed by atoms with Crippen LogP contribution in [0.5, 0.6) is 0 Å². The molecule has 0 aliphatic carbocycles. The molecule has 0 saturated carbocycles. The monoisotopic (exact) mass is 370 g/mol. The molecule has 2 aliphatic heterocycles. The van der Waals surface area contributed by atoms with E-state index in [2.05, 4.69) is 24.5 Å². The lowest BCUT2D eigenvalue weighted by atomic mass is 10.2. The van der Waals surface area contributed by atoms with E-state index in [0.717, 1.165) is 37.8 Å². The summed E-state index contributed by atoms with van der Waals surface area (Å²) in [5, 5.41) is 8.70. The Morgan fingerprint density at radius 1 is 0.889 bits per heavy atom. The van der Waals surface area contributed by atoms with Crippen LogP contribution in [0.1, 0.15) is 33.8 Å². The number of methoxy groups -OCH3 is 1. The number of nitrogens with zero attached hydrogens (tertiary/aromatic N) is 4.